The second-order valence-corrected chi connectivity index (χ2v) is 5.70. The number of anilines is 1. The maximum atomic E-state index is 7.23. The molecule has 0 aliphatic rings. The summed E-state index contributed by atoms with van der Waals surface area (Å²) < 4.78 is 0. The van der Waals surface area contributed by atoms with Crippen molar-refractivity contribution in [2.45, 2.75) is 59.4 Å². The number of rotatable bonds is 8. The smallest absolute Gasteiger partial charge is 0.228 e. The quantitative estimate of drug-likeness (QED) is 0.729. The fourth-order valence-electron chi connectivity index (χ4n) is 2.68. The Bertz CT molecular complexity index is 627. The molecule has 25 heavy (non-hydrogen) atoms. The van der Waals surface area contributed by atoms with Gasteiger partial charge in [0.05, 0.1) is 0 Å². The topological polar surface area (TPSA) is 65.8 Å². The first-order valence-electron chi connectivity index (χ1n) is 9.11. The predicted octanol–water partition coefficient (Wildman–Crippen LogP) is 4.25. The van der Waals surface area contributed by atoms with Crippen molar-refractivity contribution in [3.8, 4) is 0 Å². The summed E-state index contributed by atoms with van der Waals surface area (Å²) in [5, 5.41) is 7.23. The lowest BCUT2D eigenvalue weighted by atomic mass is 10.0. The van der Waals surface area contributed by atoms with Gasteiger partial charge in [0, 0.05) is 25.7 Å². The van der Waals surface area contributed by atoms with E-state index in [1.807, 2.05) is 33.9 Å². The average molecular weight is 342 g/mol. The van der Waals surface area contributed by atoms with Crippen molar-refractivity contribution in [1.82, 2.24) is 15.0 Å². The lowest BCUT2D eigenvalue weighted by Crippen LogP contribution is -2.33. The molecular weight excluding hydrogens is 310 g/mol. The predicted molar refractivity (Wildman–Crippen MR) is 106 cm³/mol. The van der Waals surface area contributed by atoms with Crippen molar-refractivity contribution in [2.75, 3.05) is 11.9 Å². The Kier molecular flexibility index (Phi) is 9.37. The van der Waals surface area contributed by atoms with Crippen LogP contribution in [-0.2, 0) is 12.8 Å². The molecule has 0 spiro atoms. The van der Waals surface area contributed by atoms with Crippen molar-refractivity contribution >= 4 is 12.2 Å². The van der Waals surface area contributed by atoms with E-state index in [0.29, 0.717) is 30.1 Å². The molecule has 1 N–H and O–H groups in total. The highest BCUT2D eigenvalue weighted by Gasteiger charge is 2.17. The third-order valence-electron chi connectivity index (χ3n) is 4.01. The zero-order valence-electron chi connectivity index (χ0n) is 16.2. The van der Waals surface area contributed by atoms with Crippen LogP contribution in [0.4, 0.5) is 5.95 Å². The summed E-state index contributed by atoms with van der Waals surface area (Å²) >= 11 is 0. The number of aryl methyl sites for hydroxylation is 2. The van der Waals surface area contributed by atoms with E-state index in [9.17, 15) is 0 Å². The summed E-state index contributed by atoms with van der Waals surface area (Å²) in [6, 6.07) is 10.9. The molecule has 1 heterocycles. The van der Waals surface area contributed by atoms with E-state index in [2.05, 4.69) is 51.0 Å². The highest BCUT2D eigenvalue weighted by molar-refractivity contribution is 5.56. The van der Waals surface area contributed by atoms with E-state index in [1.54, 1.807) is 0 Å². The van der Waals surface area contributed by atoms with Crippen LogP contribution in [0.25, 0.3) is 0 Å². The SMILES string of the molecule is CC.CCC(CCc1ccccc1)N(C)c1nc(C)nc(CC=N)n1. The van der Waals surface area contributed by atoms with E-state index in [0.717, 1.165) is 19.3 Å². The van der Waals surface area contributed by atoms with Crippen LogP contribution in [0.5, 0.6) is 0 Å². The van der Waals surface area contributed by atoms with E-state index >= 15 is 0 Å². The van der Waals surface area contributed by atoms with Crippen molar-refractivity contribution in [3.05, 3.63) is 47.5 Å². The van der Waals surface area contributed by atoms with Gasteiger partial charge in [-0.2, -0.15) is 9.97 Å². The van der Waals surface area contributed by atoms with Crippen LogP contribution < -0.4 is 4.90 Å². The first-order chi connectivity index (χ1) is 12.1. The Morgan fingerprint density at radius 3 is 2.40 bits per heavy atom. The van der Waals surface area contributed by atoms with Crippen LogP contribution in [0, 0.1) is 12.3 Å². The maximum Gasteiger partial charge on any atom is 0.228 e. The van der Waals surface area contributed by atoms with Gasteiger partial charge >= 0.3 is 0 Å². The number of aromatic nitrogens is 3. The Hall–Kier alpha value is -2.30. The van der Waals surface area contributed by atoms with Crippen LogP contribution in [-0.4, -0.2) is 34.3 Å². The fraction of sp³-hybridized carbons (Fsp3) is 0.500. The molecule has 1 unspecified atom stereocenters. The number of benzene rings is 1. The Labute approximate surface area is 152 Å². The second kappa shape index (κ2) is 11.3. The van der Waals surface area contributed by atoms with Gasteiger partial charge in [-0.3, -0.25) is 0 Å². The highest BCUT2D eigenvalue weighted by Crippen LogP contribution is 2.17. The van der Waals surface area contributed by atoms with Gasteiger partial charge in [0.15, 0.2) is 0 Å². The molecule has 0 aliphatic carbocycles. The zero-order valence-corrected chi connectivity index (χ0v) is 16.2. The molecule has 0 aliphatic heterocycles. The third kappa shape index (κ3) is 6.61. The molecule has 0 saturated carbocycles. The minimum Gasteiger partial charge on any atom is -0.341 e. The minimum atomic E-state index is 0.379. The van der Waals surface area contributed by atoms with Crippen molar-refractivity contribution in [1.29, 1.82) is 5.41 Å². The molecule has 1 aromatic carbocycles. The van der Waals surface area contributed by atoms with Crippen LogP contribution in [0.2, 0.25) is 0 Å². The lowest BCUT2D eigenvalue weighted by molar-refractivity contribution is 0.553. The van der Waals surface area contributed by atoms with E-state index < -0.39 is 0 Å². The number of hydrogen-bond acceptors (Lipinski definition) is 5. The zero-order chi connectivity index (χ0) is 18.7. The molecule has 5 nitrogen and oxygen atoms in total. The fourth-order valence-corrected chi connectivity index (χ4v) is 2.68. The molecule has 2 aromatic rings. The maximum absolute atomic E-state index is 7.23. The Morgan fingerprint density at radius 2 is 1.80 bits per heavy atom. The monoisotopic (exact) mass is 341 g/mol. The summed E-state index contributed by atoms with van der Waals surface area (Å²) in [6.45, 7) is 8.07. The van der Waals surface area contributed by atoms with Gasteiger partial charge < -0.3 is 10.3 Å². The first-order valence-corrected chi connectivity index (χ1v) is 9.11. The number of nitrogens with one attached hydrogen (secondary N) is 1. The Balaban J connectivity index is 0.00000151. The number of hydrogen-bond donors (Lipinski definition) is 1. The van der Waals surface area contributed by atoms with Gasteiger partial charge in [0.1, 0.15) is 11.6 Å². The molecular formula is C20H31N5. The van der Waals surface area contributed by atoms with Crippen molar-refractivity contribution in [3.63, 3.8) is 0 Å². The highest BCUT2D eigenvalue weighted by atomic mass is 15.3. The van der Waals surface area contributed by atoms with E-state index in [-0.39, 0.29) is 0 Å². The van der Waals surface area contributed by atoms with Crippen molar-refractivity contribution in [2.24, 2.45) is 0 Å². The van der Waals surface area contributed by atoms with Crippen LogP contribution in [0.1, 0.15) is 50.8 Å². The lowest BCUT2D eigenvalue weighted by Gasteiger charge is -2.27. The molecule has 2 rings (SSSR count). The van der Waals surface area contributed by atoms with Crippen LogP contribution in [0.3, 0.4) is 0 Å². The molecule has 1 atom stereocenters. The Morgan fingerprint density at radius 1 is 1.12 bits per heavy atom. The van der Waals surface area contributed by atoms with Gasteiger partial charge in [-0.1, -0.05) is 51.1 Å². The van der Waals surface area contributed by atoms with Crippen molar-refractivity contribution < 1.29 is 0 Å². The second-order valence-electron chi connectivity index (χ2n) is 5.70. The molecule has 0 bridgehead atoms. The third-order valence-corrected chi connectivity index (χ3v) is 4.01. The molecule has 0 fully saturated rings. The van der Waals surface area contributed by atoms with Gasteiger partial charge in [0.25, 0.3) is 0 Å². The molecule has 0 amide bonds. The normalized spacial score (nSPS) is 11.2. The van der Waals surface area contributed by atoms with Gasteiger partial charge in [0.2, 0.25) is 5.95 Å². The van der Waals surface area contributed by atoms with E-state index in [1.165, 1.54) is 11.8 Å². The largest absolute Gasteiger partial charge is 0.341 e. The summed E-state index contributed by atoms with van der Waals surface area (Å²) in [5.74, 6) is 2.07. The summed E-state index contributed by atoms with van der Waals surface area (Å²) in [6.07, 6.45) is 4.91. The minimum absolute atomic E-state index is 0.379. The van der Waals surface area contributed by atoms with Gasteiger partial charge in [-0.15, -0.1) is 0 Å². The average Bonchev–Trinajstić information content (AvgIpc) is 2.64. The standard InChI is InChI=1S/C18H25N5.C2H6/c1-4-16(11-10-15-8-6-5-7-9-15)23(3)18-21-14(2)20-17(22-18)12-13-19;1-2/h5-9,13,16,19H,4,10-12H2,1-3H3;1-2H3. The van der Waals surface area contributed by atoms with E-state index in [4.69, 9.17) is 5.41 Å². The molecule has 0 saturated heterocycles. The molecule has 1 aromatic heterocycles. The molecule has 136 valence electrons. The van der Waals surface area contributed by atoms with Crippen LogP contribution >= 0.6 is 0 Å². The van der Waals surface area contributed by atoms with Gasteiger partial charge in [-0.05, 0) is 31.7 Å². The molecule has 5 heteroatoms. The number of nitrogens with zero attached hydrogens (tertiary/aromatic N) is 4. The summed E-state index contributed by atoms with van der Waals surface area (Å²) in [7, 11) is 2.04. The summed E-state index contributed by atoms with van der Waals surface area (Å²) in [5.41, 5.74) is 1.36. The van der Waals surface area contributed by atoms with Crippen LogP contribution in [0.15, 0.2) is 30.3 Å². The summed E-state index contributed by atoms with van der Waals surface area (Å²) in [4.78, 5) is 15.4. The van der Waals surface area contributed by atoms with Gasteiger partial charge in [-0.25, -0.2) is 4.98 Å². The molecule has 0 radical (unpaired) electrons. The first kappa shape index (κ1) is 20.7.